The van der Waals surface area contributed by atoms with Crippen molar-refractivity contribution in [1.82, 2.24) is 4.90 Å². The van der Waals surface area contributed by atoms with Crippen LogP contribution in [0.2, 0.25) is 0 Å². The molecule has 0 amide bonds. The van der Waals surface area contributed by atoms with E-state index < -0.39 is 55.4 Å². The Bertz CT molecular complexity index is 585. The number of halogens is 1. The number of hydrogen-bond acceptors (Lipinski definition) is 10. The highest BCUT2D eigenvalue weighted by Crippen LogP contribution is 2.30. The van der Waals surface area contributed by atoms with Crippen LogP contribution in [-0.4, -0.2) is 98.0 Å². The number of aliphatic hydroxyl groups excluding tert-OH is 5. The molecule has 1 saturated heterocycles. The summed E-state index contributed by atoms with van der Waals surface area (Å²) in [5.74, 6) is 0.189. The fraction of sp³-hybridized carbons (Fsp3) is 0.692. The molecular weight excluding hydrogens is 344 g/mol. The van der Waals surface area contributed by atoms with Gasteiger partial charge >= 0.3 is 0 Å². The molecule has 0 aromatic carbocycles. The molecule has 3 rings (SSSR count). The van der Waals surface area contributed by atoms with Crippen LogP contribution in [0.25, 0.3) is 0 Å². The minimum Gasteiger partial charge on any atom is -0.394 e. The van der Waals surface area contributed by atoms with E-state index in [1.54, 1.807) is 6.08 Å². The summed E-state index contributed by atoms with van der Waals surface area (Å²) in [6.45, 7) is -0.618. The number of amidine groups is 1. The van der Waals surface area contributed by atoms with Crippen LogP contribution >= 0.6 is 11.6 Å². The van der Waals surface area contributed by atoms with E-state index in [9.17, 15) is 25.5 Å². The average molecular weight is 363 g/mol. The van der Waals surface area contributed by atoms with Crippen molar-refractivity contribution >= 4 is 23.8 Å². The van der Waals surface area contributed by atoms with Gasteiger partial charge in [-0.05, 0) is 6.08 Å². The predicted octanol–water partition coefficient (Wildman–Crippen LogP) is -3.32. The first-order chi connectivity index (χ1) is 11.3. The highest BCUT2D eigenvalue weighted by molar-refractivity contribution is 6.30. The molecule has 7 N–H and O–H groups in total. The van der Waals surface area contributed by atoms with E-state index in [1.807, 2.05) is 0 Å². The number of nitrogens with zero attached hydrogens (tertiary/aromatic N) is 3. The molecule has 1 fully saturated rings. The number of nitrogens with two attached hydrogens (primary N) is 1. The molecule has 134 valence electrons. The van der Waals surface area contributed by atoms with Gasteiger partial charge < -0.3 is 40.9 Å². The molecule has 11 heteroatoms. The fourth-order valence-electron chi connectivity index (χ4n) is 3.04. The smallest absolute Gasteiger partial charge is 0.160 e. The third kappa shape index (κ3) is 2.80. The first-order valence-electron chi connectivity index (χ1n) is 7.36. The Balaban J connectivity index is 1.90. The third-order valence-corrected chi connectivity index (χ3v) is 4.60. The van der Waals surface area contributed by atoms with E-state index in [1.165, 1.54) is 11.2 Å². The van der Waals surface area contributed by atoms with E-state index in [-0.39, 0.29) is 11.0 Å². The Hall–Kier alpha value is -1.27. The van der Waals surface area contributed by atoms with Crippen molar-refractivity contribution in [3.05, 3.63) is 11.2 Å². The molecule has 0 aromatic rings. The van der Waals surface area contributed by atoms with Gasteiger partial charge in [0, 0.05) is 0 Å². The number of aliphatic imine (C=N–C) groups is 2. The van der Waals surface area contributed by atoms with Crippen molar-refractivity contribution in [2.45, 2.75) is 48.8 Å². The van der Waals surface area contributed by atoms with Crippen LogP contribution in [0, 0.1) is 0 Å². The second-order valence-corrected chi connectivity index (χ2v) is 6.27. The van der Waals surface area contributed by atoms with Crippen molar-refractivity contribution < 1.29 is 30.3 Å². The molecule has 0 radical (unpaired) electrons. The molecule has 0 aliphatic carbocycles. The highest BCUT2D eigenvalue weighted by Gasteiger charge is 2.49. The number of rotatable bonds is 2. The monoisotopic (exact) mass is 362 g/mol. The fourth-order valence-corrected chi connectivity index (χ4v) is 3.27. The maximum Gasteiger partial charge on any atom is 0.160 e. The molecule has 3 aliphatic heterocycles. The summed E-state index contributed by atoms with van der Waals surface area (Å²) in [7, 11) is 0. The molecule has 8 atom stereocenters. The maximum absolute atomic E-state index is 10.4. The van der Waals surface area contributed by atoms with Gasteiger partial charge in [0.25, 0.3) is 0 Å². The lowest BCUT2D eigenvalue weighted by molar-refractivity contribution is -0.163. The Morgan fingerprint density at radius 2 is 1.83 bits per heavy atom. The van der Waals surface area contributed by atoms with Crippen molar-refractivity contribution in [3.63, 3.8) is 0 Å². The number of ether oxygens (including phenoxy) is 1. The molecule has 2 unspecified atom stereocenters. The van der Waals surface area contributed by atoms with Gasteiger partial charge in [0.2, 0.25) is 0 Å². The molecule has 3 heterocycles. The summed E-state index contributed by atoms with van der Waals surface area (Å²) in [6.07, 6.45) is -6.02. The van der Waals surface area contributed by atoms with Crippen molar-refractivity contribution in [3.8, 4) is 0 Å². The normalized spacial score (nSPS) is 45.5. The minimum absolute atomic E-state index is 0.145. The second-order valence-electron chi connectivity index (χ2n) is 5.88. The summed E-state index contributed by atoms with van der Waals surface area (Å²) in [5, 5.41) is 49.8. The van der Waals surface area contributed by atoms with Gasteiger partial charge in [-0.3, -0.25) is 4.99 Å². The van der Waals surface area contributed by atoms with Crippen molar-refractivity contribution in [1.29, 1.82) is 0 Å². The van der Waals surface area contributed by atoms with E-state index in [0.717, 1.165) is 0 Å². The minimum atomic E-state index is -1.69. The molecule has 3 aliphatic rings. The lowest BCUT2D eigenvalue weighted by Gasteiger charge is -2.37. The molecule has 24 heavy (non-hydrogen) atoms. The number of hydrogen-bond donors (Lipinski definition) is 6. The van der Waals surface area contributed by atoms with Crippen molar-refractivity contribution in [2.24, 2.45) is 15.7 Å². The van der Waals surface area contributed by atoms with Gasteiger partial charge in [-0.1, -0.05) is 11.6 Å². The SMILES string of the molecule is NC1=NC(Cl)=CC2C1N=CN2[C@@H]1O[C@H](CO)[C@@H](O)[C@H](O)[C@@H](O)[C@H]1O. The van der Waals surface area contributed by atoms with Crippen LogP contribution in [-0.2, 0) is 4.74 Å². The van der Waals surface area contributed by atoms with Gasteiger partial charge in [0.15, 0.2) is 6.23 Å². The maximum atomic E-state index is 10.4. The van der Waals surface area contributed by atoms with Gasteiger partial charge in [0.05, 0.1) is 19.0 Å². The lowest BCUT2D eigenvalue weighted by Crippen LogP contribution is -2.55. The van der Waals surface area contributed by atoms with Crippen LogP contribution in [0.1, 0.15) is 0 Å². The highest BCUT2D eigenvalue weighted by atomic mass is 35.5. The van der Waals surface area contributed by atoms with E-state index in [2.05, 4.69) is 9.98 Å². The molecule has 0 aromatic heterocycles. The van der Waals surface area contributed by atoms with E-state index in [0.29, 0.717) is 0 Å². The molecule has 0 spiro atoms. The molecule has 0 saturated carbocycles. The van der Waals surface area contributed by atoms with Crippen LogP contribution in [0.5, 0.6) is 0 Å². The standard InChI is InChI=1S/C13H19ClN4O6/c14-6-1-4-7(12(15)17-6)16-3-18(4)13-11(23)10(22)9(21)8(20)5(2-19)24-13/h1,3-5,7-11,13,19-23H,2H2,(H2,15,17)/t4?,5-,7?,8-,9+,10-,11-,13-/m1/s1. The molecular formula is C13H19ClN4O6. The third-order valence-electron chi connectivity index (χ3n) is 4.39. The predicted molar refractivity (Wildman–Crippen MR) is 83.2 cm³/mol. The van der Waals surface area contributed by atoms with Gasteiger partial charge in [-0.15, -0.1) is 0 Å². The summed E-state index contributed by atoms with van der Waals surface area (Å²) in [6, 6.07) is -1.06. The van der Waals surface area contributed by atoms with Gasteiger partial charge in [-0.2, -0.15) is 0 Å². The van der Waals surface area contributed by atoms with Gasteiger partial charge in [-0.25, -0.2) is 4.99 Å². The average Bonchev–Trinajstić information content (AvgIpc) is 2.94. The summed E-state index contributed by atoms with van der Waals surface area (Å²) < 4.78 is 5.54. The topological polar surface area (TPSA) is 164 Å². The molecule has 10 nitrogen and oxygen atoms in total. The first kappa shape index (κ1) is 17.5. The first-order valence-corrected chi connectivity index (χ1v) is 7.73. The van der Waals surface area contributed by atoms with Crippen molar-refractivity contribution in [2.75, 3.05) is 6.61 Å². The van der Waals surface area contributed by atoms with Crippen LogP contribution in [0.4, 0.5) is 0 Å². The zero-order valence-corrected chi connectivity index (χ0v) is 13.2. The summed E-state index contributed by atoms with van der Waals surface area (Å²) in [5.41, 5.74) is 5.80. The largest absolute Gasteiger partial charge is 0.394 e. The van der Waals surface area contributed by atoms with Crippen LogP contribution in [0.3, 0.4) is 0 Å². The number of fused-ring (bicyclic) bond motifs is 1. The summed E-state index contributed by atoms with van der Waals surface area (Å²) >= 11 is 5.92. The summed E-state index contributed by atoms with van der Waals surface area (Å²) in [4.78, 5) is 9.57. The second kappa shape index (κ2) is 6.56. The Kier molecular flexibility index (Phi) is 4.80. The zero-order valence-electron chi connectivity index (χ0n) is 12.4. The Labute approximate surface area is 142 Å². The van der Waals surface area contributed by atoms with E-state index >= 15 is 0 Å². The zero-order chi connectivity index (χ0) is 17.6. The van der Waals surface area contributed by atoms with E-state index in [4.69, 9.17) is 22.1 Å². The molecule has 0 bridgehead atoms. The van der Waals surface area contributed by atoms with Crippen LogP contribution < -0.4 is 5.73 Å². The number of aliphatic hydroxyl groups is 5. The quantitative estimate of drug-likeness (QED) is 0.278. The van der Waals surface area contributed by atoms with Crippen LogP contribution in [0.15, 0.2) is 21.2 Å². The lowest BCUT2D eigenvalue weighted by atomic mass is 9.99. The Morgan fingerprint density at radius 1 is 1.17 bits per heavy atom. The Morgan fingerprint density at radius 3 is 2.50 bits per heavy atom. The van der Waals surface area contributed by atoms with Gasteiger partial charge in [0.1, 0.15) is 47.6 Å².